The third-order valence-electron chi connectivity index (χ3n) is 3.23. The van der Waals surface area contributed by atoms with Crippen LogP contribution in [0.5, 0.6) is 0 Å². The number of carbonyl (C=O) groups is 1. The van der Waals surface area contributed by atoms with Crippen molar-refractivity contribution in [2.45, 2.75) is 18.6 Å². The van der Waals surface area contributed by atoms with Crippen LogP contribution in [-0.4, -0.2) is 38.9 Å². The Balaban J connectivity index is 2.26. The van der Waals surface area contributed by atoms with Crippen molar-refractivity contribution in [1.82, 2.24) is 4.98 Å². The van der Waals surface area contributed by atoms with Crippen LogP contribution in [0.1, 0.15) is 28.4 Å². The van der Waals surface area contributed by atoms with E-state index >= 15 is 0 Å². The Morgan fingerprint density at radius 1 is 1.43 bits per heavy atom. The van der Waals surface area contributed by atoms with Crippen LogP contribution in [0.15, 0.2) is 29.5 Å². The van der Waals surface area contributed by atoms with E-state index in [0.717, 1.165) is 0 Å². The van der Waals surface area contributed by atoms with Gasteiger partial charge in [0.25, 0.3) is 0 Å². The van der Waals surface area contributed by atoms with Crippen LogP contribution in [0.2, 0.25) is 0 Å². The number of azide groups is 1. The molecule has 8 nitrogen and oxygen atoms in total. The molecule has 0 aliphatic heterocycles. The van der Waals surface area contributed by atoms with E-state index in [1.54, 1.807) is 12.1 Å². The summed E-state index contributed by atoms with van der Waals surface area (Å²) in [4.78, 5) is 16.5. The summed E-state index contributed by atoms with van der Waals surface area (Å²) in [5.74, 6) is -1.07. The number of carboxylic acid groups (broad SMARTS) is 1. The van der Waals surface area contributed by atoms with Gasteiger partial charge in [-0.2, -0.15) is 0 Å². The van der Waals surface area contributed by atoms with Crippen LogP contribution in [-0.2, 0) is 0 Å². The van der Waals surface area contributed by atoms with E-state index in [-0.39, 0.29) is 18.5 Å². The van der Waals surface area contributed by atoms with Gasteiger partial charge in [-0.3, -0.25) is 0 Å². The van der Waals surface area contributed by atoms with Crippen molar-refractivity contribution in [3.05, 3.63) is 46.0 Å². The van der Waals surface area contributed by atoms with Gasteiger partial charge in [-0.05, 0) is 29.6 Å². The normalized spacial score (nSPS) is 13.6. The number of fused-ring (bicyclic) bond motifs is 1. The molecule has 0 aliphatic carbocycles. The van der Waals surface area contributed by atoms with Crippen molar-refractivity contribution in [2.24, 2.45) is 5.11 Å². The molecule has 0 amide bonds. The second kappa shape index (κ2) is 6.27. The third-order valence-corrected chi connectivity index (χ3v) is 3.23. The maximum absolute atomic E-state index is 11.1. The summed E-state index contributed by atoms with van der Waals surface area (Å²) in [6, 6.07) is 4.77. The van der Waals surface area contributed by atoms with E-state index in [0.29, 0.717) is 16.5 Å². The Hall–Kier alpha value is -2.54. The highest BCUT2D eigenvalue weighted by Crippen LogP contribution is 2.25. The molecule has 1 aromatic heterocycles. The highest BCUT2D eigenvalue weighted by molar-refractivity contribution is 6.03. The Bertz CT molecular complexity index is 705. The fourth-order valence-corrected chi connectivity index (χ4v) is 2.11. The molecule has 1 aromatic carbocycles. The lowest BCUT2D eigenvalue weighted by Gasteiger charge is -2.17. The van der Waals surface area contributed by atoms with Gasteiger partial charge in [-0.25, -0.2) is 4.79 Å². The SMILES string of the molecule is [N-]=[N+]=NCCC(O)C(O)c1ccc2[nH]cc(C(=O)O)c2c1. The number of H-pyrrole nitrogens is 1. The lowest BCUT2D eigenvalue weighted by Crippen LogP contribution is -2.19. The summed E-state index contributed by atoms with van der Waals surface area (Å²) in [5, 5.41) is 32.7. The first-order valence-corrected chi connectivity index (χ1v) is 6.26. The maximum atomic E-state index is 11.1. The van der Waals surface area contributed by atoms with Crippen LogP contribution >= 0.6 is 0 Å². The molecule has 0 bridgehead atoms. The van der Waals surface area contributed by atoms with Crippen molar-refractivity contribution < 1.29 is 20.1 Å². The summed E-state index contributed by atoms with van der Waals surface area (Å²) < 4.78 is 0. The summed E-state index contributed by atoms with van der Waals surface area (Å²) in [5.41, 5.74) is 9.30. The molecule has 0 saturated carbocycles. The van der Waals surface area contributed by atoms with Gasteiger partial charge in [-0.1, -0.05) is 11.2 Å². The number of aromatic amines is 1. The minimum Gasteiger partial charge on any atom is -0.478 e. The molecule has 21 heavy (non-hydrogen) atoms. The van der Waals surface area contributed by atoms with Crippen LogP contribution in [0, 0.1) is 0 Å². The van der Waals surface area contributed by atoms with Crippen LogP contribution < -0.4 is 0 Å². The molecule has 2 rings (SSSR count). The zero-order chi connectivity index (χ0) is 15.4. The van der Waals surface area contributed by atoms with E-state index in [4.69, 9.17) is 10.6 Å². The molecule has 0 aliphatic rings. The van der Waals surface area contributed by atoms with Gasteiger partial charge in [0, 0.05) is 28.6 Å². The molecule has 1 heterocycles. The molecule has 0 spiro atoms. The van der Waals surface area contributed by atoms with Gasteiger partial charge in [0.05, 0.1) is 11.7 Å². The van der Waals surface area contributed by atoms with Crippen LogP contribution in [0.3, 0.4) is 0 Å². The minimum absolute atomic E-state index is 0.0709. The van der Waals surface area contributed by atoms with E-state index in [1.165, 1.54) is 12.3 Å². The maximum Gasteiger partial charge on any atom is 0.337 e. The monoisotopic (exact) mass is 290 g/mol. The quantitative estimate of drug-likeness (QED) is 0.366. The lowest BCUT2D eigenvalue weighted by atomic mass is 10.00. The number of nitrogens with one attached hydrogen (secondary N) is 1. The average molecular weight is 290 g/mol. The highest BCUT2D eigenvalue weighted by Gasteiger charge is 2.19. The largest absolute Gasteiger partial charge is 0.478 e. The van der Waals surface area contributed by atoms with Gasteiger partial charge in [0.15, 0.2) is 0 Å². The minimum atomic E-state index is -1.18. The van der Waals surface area contributed by atoms with E-state index in [2.05, 4.69) is 15.0 Å². The number of hydrogen-bond donors (Lipinski definition) is 4. The van der Waals surface area contributed by atoms with Crippen LogP contribution in [0.4, 0.5) is 0 Å². The predicted octanol–water partition coefficient (Wildman–Crippen LogP) is 1.96. The number of benzene rings is 1. The lowest BCUT2D eigenvalue weighted by molar-refractivity contribution is 0.0151. The van der Waals surface area contributed by atoms with Gasteiger partial charge < -0.3 is 20.3 Å². The van der Waals surface area contributed by atoms with E-state index in [9.17, 15) is 15.0 Å². The summed E-state index contributed by atoms with van der Waals surface area (Å²) >= 11 is 0. The number of hydrogen-bond acceptors (Lipinski definition) is 4. The van der Waals surface area contributed by atoms with Crippen molar-refractivity contribution in [1.29, 1.82) is 0 Å². The highest BCUT2D eigenvalue weighted by atomic mass is 16.4. The topological polar surface area (TPSA) is 142 Å². The molecule has 110 valence electrons. The van der Waals surface area contributed by atoms with E-state index in [1.807, 2.05) is 0 Å². The number of aliphatic hydroxyl groups is 2. The predicted molar refractivity (Wildman–Crippen MR) is 74.9 cm³/mol. The van der Waals surface area contributed by atoms with Crippen molar-refractivity contribution in [3.8, 4) is 0 Å². The number of carboxylic acids is 1. The standard InChI is InChI=1S/C13H14N4O4/c14-17-16-4-3-11(18)12(19)7-1-2-10-8(5-7)9(6-15-10)13(20)21/h1-2,5-6,11-12,15,18-19H,3-4H2,(H,20,21). The van der Waals surface area contributed by atoms with Crippen molar-refractivity contribution in [2.75, 3.05) is 6.54 Å². The molecular weight excluding hydrogens is 276 g/mol. The Morgan fingerprint density at radius 2 is 2.19 bits per heavy atom. The first-order valence-electron chi connectivity index (χ1n) is 6.26. The zero-order valence-corrected chi connectivity index (χ0v) is 11.0. The Kier molecular flexibility index (Phi) is 4.44. The fraction of sp³-hybridized carbons (Fsp3) is 0.308. The van der Waals surface area contributed by atoms with Gasteiger partial charge in [0.2, 0.25) is 0 Å². The molecule has 0 radical (unpaired) electrons. The van der Waals surface area contributed by atoms with Gasteiger partial charge in [0.1, 0.15) is 6.10 Å². The zero-order valence-electron chi connectivity index (χ0n) is 11.0. The first kappa shape index (κ1) is 14.9. The smallest absolute Gasteiger partial charge is 0.337 e. The second-order valence-corrected chi connectivity index (χ2v) is 4.57. The molecule has 0 fully saturated rings. The summed E-state index contributed by atoms with van der Waals surface area (Å²) in [6.45, 7) is 0.0709. The molecule has 2 aromatic rings. The number of nitrogens with zero attached hydrogens (tertiary/aromatic N) is 3. The number of aromatic nitrogens is 1. The average Bonchev–Trinajstić information content (AvgIpc) is 2.89. The van der Waals surface area contributed by atoms with Crippen molar-refractivity contribution in [3.63, 3.8) is 0 Å². The first-order chi connectivity index (χ1) is 10.0. The molecule has 2 unspecified atom stereocenters. The van der Waals surface area contributed by atoms with Crippen LogP contribution in [0.25, 0.3) is 21.3 Å². The second-order valence-electron chi connectivity index (χ2n) is 4.57. The number of aromatic carboxylic acids is 1. The Morgan fingerprint density at radius 3 is 2.86 bits per heavy atom. The molecule has 2 atom stereocenters. The fourth-order valence-electron chi connectivity index (χ4n) is 2.11. The molecule has 0 saturated heterocycles. The molecule has 8 heteroatoms. The third kappa shape index (κ3) is 3.14. The Labute approximate surface area is 119 Å². The molecule has 4 N–H and O–H groups in total. The summed E-state index contributed by atoms with van der Waals surface area (Å²) in [6.07, 6.45) is -0.788. The van der Waals surface area contributed by atoms with E-state index < -0.39 is 18.2 Å². The number of rotatable bonds is 6. The van der Waals surface area contributed by atoms with Gasteiger partial charge >= 0.3 is 5.97 Å². The van der Waals surface area contributed by atoms with Gasteiger partial charge in [-0.15, -0.1) is 0 Å². The summed E-state index contributed by atoms with van der Waals surface area (Å²) in [7, 11) is 0. The number of aliphatic hydroxyl groups excluding tert-OH is 2. The molecular formula is C13H14N4O4. The van der Waals surface area contributed by atoms with Crippen molar-refractivity contribution >= 4 is 16.9 Å².